The number of rotatable bonds is 9. The monoisotopic (exact) mass is 462 g/mol. The van der Waals surface area contributed by atoms with Crippen LogP contribution in [0.4, 0.5) is 0 Å². The molecule has 170 valence electrons. The molecule has 0 N–H and O–H groups in total. The van der Waals surface area contributed by atoms with Crippen LogP contribution in [0.15, 0.2) is 82.6 Å². The van der Waals surface area contributed by atoms with Gasteiger partial charge in [0, 0.05) is 7.05 Å². The number of aromatic nitrogens is 3. The van der Waals surface area contributed by atoms with E-state index in [1.807, 2.05) is 73.1 Å². The van der Waals surface area contributed by atoms with Crippen molar-refractivity contribution in [1.29, 1.82) is 0 Å². The molecule has 0 radical (unpaired) electrons. The zero-order chi connectivity index (χ0) is 23.2. The lowest BCUT2D eigenvalue weighted by atomic mass is 10.1. The average Bonchev–Trinajstić information content (AvgIpc) is 3.52. The predicted octanol–water partition coefficient (Wildman–Crippen LogP) is 4.91. The number of methoxy groups -OCH3 is 1. The fourth-order valence-electron chi connectivity index (χ4n) is 3.44. The van der Waals surface area contributed by atoms with Crippen LogP contribution in [0.3, 0.4) is 0 Å². The summed E-state index contributed by atoms with van der Waals surface area (Å²) < 4.78 is 12.8. The van der Waals surface area contributed by atoms with Crippen LogP contribution in [0, 0.1) is 0 Å². The van der Waals surface area contributed by atoms with Crippen LogP contribution in [-0.2, 0) is 11.3 Å². The highest BCUT2D eigenvalue weighted by atomic mass is 32.2. The topological polar surface area (TPSA) is 73.4 Å². The molecule has 8 heteroatoms. The van der Waals surface area contributed by atoms with Crippen LogP contribution in [0.1, 0.15) is 24.1 Å². The summed E-state index contributed by atoms with van der Waals surface area (Å²) in [6.45, 7) is 2.59. The number of hydrogen-bond acceptors (Lipinski definition) is 6. The number of carbonyl (C=O) groups is 1. The number of nitrogens with zero attached hydrogens (tertiary/aromatic N) is 4. The lowest BCUT2D eigenvalue weighted by molar-refractivity contribution is -0.128. The van der Waals surface area contributed by atoms with E-state index in [0.29, 0.717) is 23.3 Å². The first-order valence-corrected chi connectivity index (χ1v) is 11.6. The molecule has 0 fully saturated rings. The van der Waals surface area contributed by atoms with Gasteiger partial charge < -0.3 is 14.1 Å². The van der Waals surface area contributed by atoms with Gasteiger partial charge in [-0.05, 0) is 42.3 Å². The molecule has 33 heavy (non-hydrogen) atoms. The maximum absolute atomic E-state index is 13.0. The lowest BCUT2D eigenvalue weighted by Crippen LogP contribution is -2.31. The summed E-state index contributed by atoms with van der Waals surface area (Å²) >= 11 is 1.38. The van der Waals surface area contributed by atoms with Crippen molar-refractivity contribution in [3.05, 3.63) is 84.1 Å². The van der Waals surface area contributed by atoms with Crippen molar-refractivity contribution in [2.45, 2.75) is 24.7 Å². The summed E-state index contributed by atoms with van der Waals surface area (Å²) in [6.07, 6.45) is 1.61. The quantitative estimate of drug-likeness (QED) is 0.329. The second-order valence-corrected chi connectivity index (χ2v) is 8.54. The molecular weight excluding hydrogens is 436 g/mol. The van der Waals surface area contributed by atoms with E-state index in [0.717, 1.165) is 16.9 Å². The molecule has 1 unspecified atom stereocenters. The van der Waals surface area contributed by atoms with Gasteiger partial charge in [-0.2, -0.15) is 0 Å². The van der Waals surface area contributed by atoms with Gasteiger partial charge in [0.25, 0.3) is 0 Å². The smallest absolute Gasteiger partial charge is 0.233 e. The van der Waals surface area contributed by atoms with Crippen LogP contribution >= 0.6 is 11.8 Å². The Labute approximate surface area is 197 Å². The maximum Gasteiger partial charge on any atom is 0.233 e. The Morgan fingerprint density at radius 3 is 2.52 bits per heavy atom. The van der Waals surface area contributed by atoms with Gasteiger partial charge in [0.1, 0.15) is 5.75 Å². The highest BCUT2D eigenvalue weighted by Gasteiger charge is 2.21. The molecule has 0 spiro atoms. The molecule has 0 saturated heterocycles. The number of hydrogen-bond donors (Lipinski definition) is 0. The molecule has 0 aliphatic heterocycles. The van der Waals surface area contributed by atoms with Crippen LogP contribution in [-0.4, -0.2) is 45.5 Å². The van der Waals surface area contributed by atoms with Gasteiger partial charge in [0.2, 0.25) is 11.7 Å². The summed E-state index contributed by atoms with van der Waals surface area (Å²) in [5.41, 5.74) is 2.16. The Kier molecular flexibility index (Phi) is 7.14. The van der Waals surface area contributed by atoms with E-state index in [2.05, 4.69) is 22.3 Å². The van der Waals surface area contributed by atoms with Gasteiger partial charge in [-0.3, -0.25) is 9.36 Å². The molecule has 0 aliphatic rings. The third kappa shape index (κ3) is 5.28. The molecule has 0 saturated carbocycles. The largest absolute Gasteiger partial charge is 0.497 e. The molecule has 1 amide bonds. The number of thioether (sulfide) groups is 1. The minimum atomic E-state index is -0.0649. The molecule has 0 aliphatic carbocycles. The molecule has 7 nitrogen and oxygen atoms in total. The number of benzene rings is 2. The Balaban J connectivity index is 1.48. The Bertz CT molecular complexity index is 1170. The van der Waals surface area contributed by atoms with E-state index in [1.54, 1.807) is 18.3 Å². The Hall–Kier alpha value is -3.52. The minimum absolute atomic E-state index is 0.0112. The first-order valence-electron chi connectivity index (χ1n) is 10.6. The number of amides is 1. The number of carbonyl (C=O) groups excluding carboxylic acids is 1. The summed E-state index contributed by atoms with van der Waals surface area (Å²) in [5.74, 6) is 2.33. The highest BCUT2D eigenvalue weighted by molar-refractivity contribution is 7.99. The SMILES string of the molecule is COc1ccc(C(C)N(C)C(=O)CSc2nnc(-c3ccco3)n2Cc2ccccc2)cc1. The second kappa shape index (κ2) is 10.4. The van der Waals surface area contributed by atoms with Gasteiger partial charge in [0.05, 0.1) is 31.7 Å². The molecule has 2 aromatic carbocycles. The number of ether oxygens (including phenoxy) is 1. The van der Waals surface area contributed by atoms with Crippen LogP contribution in [0.25, 0.3) is 11.6 Å². The van der Waals surface area contributed by atoms with Gasteiger partial charge in [0.15, 0.2) is 10.9 Å². The van der Waals surface area contributed by atoms with Crippen LogP contribution in [0.5, 0.6) is 5.75 Å². The van der Waals surface area contributed by atoms with Gasteiger partial charge >= 0.3 is 0 Å². The van der Waals surface area contributed by atoms with Crippen LogP contribution in [0.2, 0.25) is 0 Å². The van der Waals surface area contributed by atoms with Crippen molar-refractivity contribution in [1.82, 2.24) is 19.7 Å². The van der Waals surface area contributed by atoms with E-state index < -0.39 is 0 Å². The highest BCUT2D eigenvalue weighted by Crippen LogP contribution is 2.27. The van der Waals surface area contributed by atoms with E-state index in [1.165, 1.54) is 11.8 Å². The molecule has 2 heterocycles. The van der Waals surface area contributed by atoms with Crippen LogP contribution < -0.4 is 4.74 Å². The Morgan fingerprint density at radius 2 is 1.85 bits per heavy atom. The van der Waals surface area contributed by atoms with E-state index >= 15 is 0 Å². The van der Waals surface area contributed by atoms with Crippen molar-refractivity contribution >= 4 is 17.7 Å². The zero-order valence-electron chi connectivity index (χ0n) is 18.8. The van der Waals surface area contributed by atoms with Gasteiger partial charge in [-0.15, -0.1) is 10.2 Å². The van der Waals surface area contributed by atoms with Gasteiger partial charge in [-0.1, -0.05) is 54.2 Å². The first-order chi connectivity index (χ1) is 16.1. The molecule has 2 aromatic heterocycles. The predicted molar refractivity (Wildman–Crippen MR) is 128 cm³/mol. The van der Waals surface area contributed by atoms with E-state index in [9.17, 15) is 4.79 Å². The van der Waals surface area contributed by atoms with Crippen molar-refractivity contribution in [3.63, 3.8) is 0 Å². The average molecular weight is 463 g/mol. The van der Waals surface area contributed by atoms with Crippen molar-refractivity contribution in [2.24, 2.45) is 0 Å². The van der Waals surface area contributed by atoms with E-state index in [-0.39, 0.29) is 17.7 Å². The maximum atomic E-state index is 13.0. The zero-order valence-corrected chi connectivity index (χ0v) is 19.7. The van der Waals surface area contributed by atoms with Crippen molar-refractivity contribution in [3.8, 4) is 17.3 Å². The van der Waals surface area contributed by atoms with E-state index in [4.69, 9.17) is 9.15 Å². The third-order valence-corrected chi connectivity index (χ3v) is 6.49. The minimum Gasteiger partial charge on any atom is -0.497 e. The molecule has 4 rings (SSSR count). The number of furan rings is 1. The summed E-state index contributed by atoms with van der Waals surface area (Å²) in [5, 5.41) is 9.36. The molecule has 1 atom stereocenters. The fraction of sp³-hybridized carbons (Fsp3) is 0.240. The normalized spacial score (nSPS) is 11.8. The standard InChI is InChI=1S/C25H26N4O3S/c1-18(20-11-13-21(31-3)14-12-20)28(2)23(30)17-33-25-27-26-24(22-10-7-15-32-22)29(25)16-19-8-5-4-6-9-19/h4-15,18H,16-17H2,1-3H3. The summed E-state index contributed by atoms with van der Waals surface area (Å²) in [4.78, 5) is 14.7. The van der Waals surface area contributed by atoms with Gasteiger partial charge in [-0.25, -0.2) is 0 Å². The second-order valence-electron chi connectivity index (χ2n) is 7.60. The van der Waals surface area contributed by atoms with Crippen molar-refractivity contribution in [2.75, 3.05) is 19.9 Å². The van der Waals surface area contributed by atoms with Crippen molar-refractivity contribution < 1.29 is 13.9 Å². The Morgan fingerprint density at radius 1 is 1.09 bits per heavy atom. The summed E-state index contributed by atoms with van der Waals surface area (Å²) in [6, 6.07) is 21.5. The first kappa shape index (κ1) is 22.7. The summed E-state index contributed by atoms with van der Waals surface area (Å²) in [7, 11) is 3.46. The fourth-order valence-corrected chi connectivity index (χ4v) is 4.30. The lowest BCUT2D eigenvalue weighted by Gasteiger charge is -2.25. The molecule has 4 aromatic rings. The molecular formula is C25H26N4O3S. The molecule has 0 bridgehead atoms. The third-order valence-electron chi connectivity index (χ3n) is 5.54.